The van der Waals surface area contributed by atoms with E-state index in [2.05, 4.69) is 0 Å². The van der Waals surface area contributed by atoms with Gasteiger partial charge < -0.3 is 0 Å². The van der Waals surface area contributed by atoms with Crippen LogP contribution in [-0.4, -0.2) is 11.0 Å². The van der Waals surface area contributed by atoms with Gasteiger partial charge in [-0.3, -0.25) is 10.1 Å². The first-order valence-corrected chi connectivity index (χ1v) is 6.37. The summed E-state index contributed by atoms with van der Waals surface area (Å²) in [7, 11) is 0. The van der Waals surface area contributed by atoms with E-state index >= 15 is 0 Å². The average Bonchev–Trinajstić information content (AvgIpc) is 2.97. The van der Waals surface area contributed by atoms with Crippen molar-refractivity contribution in [1.82, 2.24) is 0 Å². The third kappa shape index (κ3) is 1.90. The fraction of sp³-hybridized carbons (Fsp3) is 0.429. The van der Waals surface area contributed by atoms with Gasteiger partial charge in [-0.05, 0) is 24.0 Å². The fourth-order valence-electron chi connectivity index (χ4n) is 3.54. The van der Waals surface area contributed by atoms with Crippen LogP contribution in [0.4, 0.5) is 13.2 Å². The molecule has 3 rings (SSSR count). The molecular formula is C14H12F3NO2. The predicted octanol–water partition coefficient (Wildman–Crippen LogP) is 3.64. The summed E-state index contributed by atoms with van der Waals surface area (Å²) in [6.45, 7) is 0. The fourth-order valence-corrected chi connectivity index (χ4v) is 3.54. The molecule has 0 heterocycles. The number of hydrogen-bond donors (Lipinski definition) is 0. The Bertz CT molecular complexity index is 582. The Morgan fingerprint density at radius 2 is 1.80 bits per heavy atom. The summed E-state index contributed by atoms with van der Waals surface area (Å²) in [4.78, 5) is 10.8. The quantitative estimate of drug-likeness (QED) is 0.472. The molecule has 0 aromatic heterocycles. The molecule has 4 atom stereocenters. The number of nitrogens with zero attached hydrogens (tertiary/aromatic N) is 1. The van der Waals surface area contributed by atoms with Crippen LogP contribution in [0, 0.1) is 22.0 Å². The first-order valence-electron chi connectivity index (χ1n) is 6.37. The van der Waals surface area contributed by atoms with Gasteiger partial charge in [0.25, 0.3) is 0 Å². The molecule has 1 saturated carbocycles. The zero-order valence-corrected chi connectivity index (χ0v) is 10.4. The van der Waals surface area contributed by atoms with Crippen molar-refractivity contribution in [2.24, 2.45) is 11.8 Å². The molecule has 0 N–H and O–H groups in total. The lowest BCUT2D eigenvalue weighted by atomic mass is 9.81. The summed E-state index contributed by atoms with van der Waals surface area (Å²) in [5.74, 6) is -1.10. The SMILES string of the molecule is O=[N+]([O-])[C@H]1C2C=CC(C2)[C@@H]1c1ccccc1C(F)(F)F. The van der Waals surface area contributed by atoms with E-state index in [1.165, 1.54) is 18.2 Å². The van der Waals surface area contributed by atoms with Crippen LogP contribution in [-0.2, 0) is 6.18 Å². The van der Waals surface area contributed by atoms with Crippen LogP contribution >= 0.6 is 0 Å². The van der Waals surface area contributed by atoms with E-state index in [0.717, 1.165) is 6.07 Å². The molecule has 2 bridgehead atoms. The zero-order chi connectivity index (χ0) is 14.5. The van der Waals surface area contributed by atoms with Crippen molar-refractivity contribution >= 4 is 0 Å². The summed E-state index contributed by atoms with van der Waals surface area (Å²) >= 11 is 0. The van der Waals surface area contributed by atoms with Gasteiger partial charge in [-0.1, -0.05) is 30.4 Å². The van der Waals surface area contributed by atoms with Crippen LogP contribution in [0.5, 0.6) is 0 Å². The molecule has 2 aliphatic carbocycles. The summed E-state index contributed by atoms with van der Waals surface area (Å²) in [6, 6.07) is 4.25. The van der Waals surface area contributed by atoms with E-state index in [1.807, 2.05) is 6.08 Å². The number of alkyl halides is 3. The van der Waals surface area contributed by atoms with Crippen molar-refractivity contribution in [2.75, 3.05) is 0 Å². The van der Waals surface area contributed by atoms with Gasteiger partial charge in [0.2, 0.25) is 6.04 Å². The van der Waals surface area contributed by atoms with Crippen LogP contribution in [0.2, 0.25) is 0 Å². The standard InChI is InChI=1S/C14H12F3NO2/c15-14(16,17)11-4-2-1-3-10(11)12-8-5-6-9(7-8)13(12)18(19)20/h1-6,8-9,12-13H,7H2/t8?,9?,12-,13+/m1/s1. The highest BCUT2D eigenvalue weighted by molar-refractivity contribution is 5.38. The second-order valence-electron chi connectivity index (χ2n) is 5.34. The topological polar surface area (TPSA) is 43.1 Å². The van der Waals surface area contributed by atoms with Gasteiger partial charge in [0, 0.05) is 10.8 Å². The Labute approximate surface area is 113 Å². The molecule has 6 heteroatoms. The lowest BCUT2D eigenvalue weighted by Crippen LogP contribution is -2.32. The molecule has 20 heavy (non-hydrogen) atoms. The lowest BCUT2D eigenvalue weighted by Gasteiger charge is -2.25. The third-order valence-corrected chi connectivity index (χ3v) is 4.29. The number of rotatable bonds is 2. The number of benzene rings is 1. The Hall–Kier alpha value is -1.85. The summed E-state index contributed by atoms with van der Waals surface area (Å²) in [6.07, 6.45) is -0.320. The monoisotopic (exact) mass is 283 g/mol. The Balaban J connectivity index is 2.09. The van der Waals surface area contributed by atoms with Crippen LogP contribution < -0.4 is 0 Å². The normalized spacial score (nSPS) is 31.8. The molecule has 1 fully saturated rings. The molecule has 106 valence electrons. The Morgan fingerprint density at radius 1 is 1.15 bits per heavy atom. The first-order chi connectivity index (χ1) is 9.39. The predicted molar refractivity (Wildman–Crippen MR) is 65.7 cm³/mol. The minimum atomic E-state index is -4.48. The second-order valence-corrected chi connectivity index (χ2v) is 5.34. The van der Waals surface area contributed by atoms with Crippen molar-refractivity contribution in [1.29, 1.82) is 0 Å². The molecule has 0 spiro atoms. The van der Waals surface area contributed by atoms with E-state index in [1.54, 1.807) is 6.08 Å². The second kappa shape index (κ2) is 4.33. The highest BCUT2D eigenvalue weighted by atomic mass is 19.4. The minimum absolute atomic E-state index is 0.0542. The molecule has 2 aliphatic rings. The van der Waals surface area contributed by atoms with Crippen LogP contribution in [0.15, 0.2) is 36.4 Å². The van der Waals surface area contributed by atoms with E-state index in [-0.39, 0.29) is 17.4 Å². The van der Waals surface area contributed by atoms with Crippen molar-refractivity contribution in [3.8, 4) is 0 Å². The van der Waals surface area contributed by atoms with Gasteiger partial charge in [0.1, 0.15) is 0 Å². The highest BCUT2D eigenvalue weighted by Gasteiger charge is 2.54. The van der Waals surface area contributed by atoms with Gasteiger partial charge in [0.05, 0.1) is 11.5 Å². The largest absolute Gasteiger partial charge is 0.416 e. The summed E-state index contributed by atoms with van der Waals surface area (Å²) < 4.78 is 39.3. The maximum atomic E-state index is 13.1. The summed E-state index contributed by atoms with van der Waals surface area (Å²) in [5, 5.41) is 11.2. The molecule has 2 unspecified atom stereocenters. The van der Waals surface area contributed by atoms with Crippen molar-refractivity contribution in [2.45, 2.75) is 24.6 Å². The summed E-state index contributed by atoms with van der Waals surface area (Å²) in [5.41, 5.74) is -0.698. The van der Waals surface area contributed by atoms with E-state index in [0.29, 0.717) is 6.42 Å². The zero-order valence-electron chi connectivity index (χ0n) is 10.4. The maximum absolute atomic E-state index is 13.1. The Morgan fingerprint density at radius 3 is 2.45 bits per heavy atom. The third-order valence-electron chi connectivity index (χ3n) is 4.29. The van der Waals surface area contributed by atoms with Crippen molar-refractivity contribution in [3.63, 3.8) is 0 Å². The number of allylic oxidation sites excluding steroid dienone is 1. The van der Waals surface area contributed by atoms with Crippen LogP contribution in [0.1, 0.15) is 23.5 Å². The first kappa shape index (κ1) is 13.1. The van der Waals surface area contributed by atoms with Gasteiger partial charge in [-0.15, -0.1) is 0 Å². The Kier molecular flexibility index (Phi) is 2.84. The van der Waals surface area contributed by atoms with E-state index in [9.17, 15) is 23.3 Å². The van der Waals surface area contributed by atoms with Crippen LogP contribution in [0.25, 0.3) is 0 Å². The number of nitro groups is 1. The van der Waals surface area contributed by atoms with Crippen molar-refractivity contribution < 1.29 is 18.1 Å². The number of fused-ring (bicyclic) bond motifs is 2. The molecule has 0 radical (unpaired) electrons. The molecule has 3 nitrogen and oxygen atoms in total. The van der Waals surface area contributed by atoms with E-state index < -0.39 is 28.6 Å². The molecule has 0 saturated heterocycles. The average molecular weight is 283 g/mol. The van der Waals surface area contributed by atoms with Crippen LogP contribution in [0.3, 0.4) is 0 Å². The number of halogens is 3. The maximum Gasteiger partial charge on any atom is 0.416 e. The highest BCUT2D eigenvalue weighted by Crippen LogP contribution is 2.52. The van der Waals surface area contributed by atoms with Gasteiger partial charge in [-0.2, -0.15) is 13.2 Å². The van der Waals surface area contributed by atoms with Gasteiger partial charge in [-0.25, -0.2) is 0 Å². The number of hydrogen-bond acceptors (Lipinski definition) is 2. The minimum Gasteiger partial charge on any atom is -0.264 e. The molecule has 1 aromatic rings. The van der Waals surface area contributed by atoms with E-state index in [4.69, 9.17) is 0 Å². The van der Waals surface area contributed by atoms with Crippen molar-refractivity contribution in [3.05, 3.63) is 57.7 Å². The molecule has 0 aliphatic heterocycles. The molecular weight excluding hydrogens is 271 g/mol. The van der Waals surface area contributed by atoms with Gasteiger partial charge in [0.15, 0.2) is 0 Å². The molecule has 0 amide bonds. The lowest BCUT2D eigenvalue weighted by molar-refractivity contribution is -0.530. The molecule has 1 aromatic carbocycles. The smallest absolute Gasteiger partial charge is 0.264 e. The van der Waals surface area contributed by atoms with Gasteiger partial charge >= 0.3 is 6.18 Å².